The lowest BCUT2D eigenvalue weighted by Crippen LogP contribution is -2.60. The number of hydrogen-bond donors (Lipinski definition) is 0. The summed E-state index contributed by atoms with van der Waals surface area (Å²) >= 11 is 5.84. The fraction of sp³-hybridized carbons (Fsp3) is 0.294. The Hall–Kier alpha value is -2.74. The van der Waals surface area contributed by atoms with Gasteiger partial charge in [-0.3, -0.25) is 4.79 Å². The van der Waals surface area contributed by atoms with Crippen molar-refractivity contribution < 1.29 is 9.18 Å². The summed E-state index contributed by atoms with van der Waals surface area (Å²) in [7, 11) is 1.71. The van der Waals surface area contributed by atoms with Crippen molar-refractivity contribution in [1.82, 2.24) is 24.7 Å². The highest BCUT2D eigenvalue weighted by atomic mass is 35.5. The van der Waals surface area contributed by atoms with Gasteiger partial charge in [-0.2, -0.15) is 4.52 Å². The van der Waals surface area contributed by atoms with Crippen LogP contribution in [0.25, 0.3) is 5.65 Å². The fourth-order valence-corrected chi connectivity index (χ4v) is 3.21. The number of aryl methyl sites for hydroxylation is 1. The molecule has 9 heteroatoms. The maximum absolute atomic E-state index is 13.5. The van der Waals surface area contributed by atoms with Crippen LogP contribution in [0.15, 0.2) is 30.3 Å². The molecule has 1 aliphatic heterocycles. The van der Waals surface area contributed by atoms with E-state index in [1.165, 1.54) is 18.2 Å². The van der Waals surface area contributed by atoms with E-state index >= 15 is 0 Å². The first kappa shape index (κ1) is 16.7. The molecule has 0 radical (unpaired) electrons. The van der Waals surface area contributed by atoms with E-state index in [1.807, 2.05) is 19.1 Å². The van der Waals surface area contributed by atoms with Gasteiger partial charge in [-0.05, 0) is 37.3 Å². The number of carbonyl (C=O) groups is 1. The Labute approximate surface area is 154 Å². The van der Waals surface area contributed by atoms with E-state index in [4.69, 9.17) is 11.6 Å². The molecule has 1 amide bonds. The molecule has 1 aliphatic rings. The summed E-state index contributed by atoms with van der Waals surface area (Å²) in [6.07, 6.45) is 0. The zero-order chi connectivity index (χ0) is 18.4. The van der Waals surface area contributed by atoms with E-state index in [1.54, 1.807) is 16.5 Å². The van der Waals surface area contributed by atoms with Crippen molar-refractivity contribution in [3.8, 4) is 0 Å². The first-order valence-corrected chi connectivity index (χ1v) is 8.47. The predicted octanol–water partition coefficient (Wildman–Crippen LogP) is 2.19. The topological polar surface area (TPSA) is 66.6 Å². The van der Waals surface area contributed by atoms with E-state index in [0.717, 1.165) is 5.82 Å². The summed E-state index contributed by atoms with van der Waals surface area (Å²) in [5, 5.41) is 12.7. The molecule has 3 heterocycles. The Balaban J connectivity index is 1.46. The minimum absolute atomic E-state index is 0.0176. The van der Waals surface area contributed by atoms with Crippen molar-refractivity contribution in [1.29, 1.82) is 0 Å². The Morgan fingerprint density at radius 2 is 2.04 bits per heavy atom. The van der Waals surface area contributed by atoms with Crippen molar-refractivity contribution in [2.24, 2.45) is 0 Å². The zero-order valence-corrected chi connectivity index (χ0v) is 15.0. The number of carbonyl (C=O) groups excluding carboxylic acids is 1. The van der Waals surface area contributed by atoms with Crippen molar-refractivity contribution in [2.75, 3.05) is 25.0 Å². The van der Waals surface area contributed by atoms with Gasteiger partial charge in [0.2, 0.25) is 0 Å². The molecule has 26 heavy (non-hydrogen) atoms. The summed E-state index contributed by atoms with van der Waals surface area (Å²) in [4.78, 5) is 16.2. The van der Waals surface area contributed by atoms with Crippen molar-refractivity contribution >= 4 is 29.0 Å². The average molecular weight is 375 g/mol. The maximum atomic E-state index is 13.5. The van der Waals surface area contributed by atoms with Gasteiger partial charge in [0.1, 0.15) is 11.6 Å². The molecule has 134 valence electrons. The summed E-state index contributed by atoms with van der Waals surface area (Å²) < 4.78 is 15.2. The van der Waals surface area contributed by atoms with Crippen molar-refractivity contribution in [3.05, 3.63) is 52.6 Å². The fourth-order valence-electron chi connectivity index (χ4n) is 2.99. The lowest BCUT2D eigenvalue weighted by atomic mass is 10.1. The maximum Gasteiger partial charge on any atom is 0.254 e. The number of halogens is 2. The van der Waals surface area contributed by atoms with Crippen LogP contribution in [-0.4, -0.2) is 56.8 Å². The van der Waals surface area contributed by atoms with E-state index < -0.39 is 5.82 Å². The molecule has 7 nitrogen and oxygen atoms in total. The molecule has 1 fully saturated rings. The number of amides is 1. The second-order valence-corrected chi connectivity index (χ2v) is 6.78. The van der Waals surface area contributed by atoms with Gasteiger partial charge in [0, 0.05) is 30.7 Å². The summed E-state index contributed by atoms with van der Waals surface area (Å²) in [5.74, 6) is 0.737. The van der Waals surface area contributed by atoms with Gasteiger partial charge in [0.25, 0.3) is 5.91 Å². The molecule has 0 spiro atoms. The molecule has 0 aliphatic carbocycles. The number of likely N-dealkylation sites (N-methyl/N-ethyl adjacent to an activating group) is 1. The minimum atomic E-state index is -0.522. The second kappa shape index (κ2) is 6.21. The van der Waals surface area contributed by atoms with Crippen LogP contribution in [0.1, 0.15) is 16.2 Å². The van der Waals surface area contributed by atoms with Crippen LogP contribution >= 0.6 is 11.6 Å². The highest BCUT2D eigenvalue weighted by Crippen LogP contribution is 2.23. The van der Waals surface area contributed by atoms with Gasteiger partial charge in [0.15, 0.2) is 11.5 Å². The summed E-state index contributed by atoms with van der Waals surface area (Å²) in [6.45, 7) is 3.13. The monoisotopic (exact) mass is 374 g/mol. The van der Waals surface area contributed by atoms with Crippen molar-refractivity contribution in [3.63, 3.8) is 0 Å². The van der Waals surface area contributed by atoms with Gasteiger partial charge in [-0.25, -0.2) is 4.39 Å². The molecular formula is C17H16ClFN6O. The van der Waals surface area contributed by atoms with E-state index in [9.17, 15) is 9.18 Å². The number of nitrogens with zero attached hydrogens (tertiary/aromatic N) is 6. The third-order valence-corrected chi connectivity index (χ3v) is 4.79. The highest BCUT2D eigenvalue weighted by Gasteiger charge is 2.34. The molecule has 0 bridgehead atoms. The Bertz CT molecular complexity index is 980. The highest BCUT2D eigenvalue weighted by molar-refractivity contribution is 6.31. The van der Waals surface area contributed by atoms with Gasteiger partial charge in [-0.15, -0.1) is 15.3 Å². The smallest absolute Gasteiger partial charge is 0.254 e. The molecule has 2 aromatic heterocycles. The van der Waals surface area contributed by atoms with E-state index in [2.05, 4.69) is 20.2 Å². The van der Waals surface area contributed by atoms with E-state index in [0.29, 0.717) is 24.6 Å². The summed E-state index contributed by atoms with van der Waals surface area (Å²) in [5.41, 5.74) is 0.939. The number of fused-ring (bicyclic) bond motifs is 1. The Kier molecular flexibility index (Phi) is 3.99. The molecule has 1 aromatic carbocycles. The van der Waals surface area contributed by atoms with Gasteiger partial charge in [-0.1, -0.05) is 11.6 Å². The van der Waals surface area contributed by atoms with Crippen molar-refractivity contribution in [2.45, 2.75) is 13.0 Å². The molecule has 4 rings (SSSR count). The van der Waals surface area contributed by atoms with Gasteiger partial charge < -0.3 is 9.80 Å². The quantitative estimate of drug-likeness (QED) is 0.703. The average Bonchev–Trinajstić information content (AvgIpc) is 2.93. The molecule has 3 aromatic rings. The number of rotatable bonds is 3. The molecule has 0 N–H and O–H groups in total. The third kappa shape index (κ3) is 2.86. The molecule has 0 unspecified atom stereocenters. The lowest BCUT2D eigenvalue weighted by molar-refractivity contribution is 0.0704. The number of benzene rings is 1. The minimum Gasteiger partial charge on any atom is -0.351 e. The van der Waals surface area contributed by atoms with Gasteiger partial charge in [0.05, 0.1) is 6.04 Å². The van der Waals surface area contributed by atoms with Crippen LogP contribution in [0, 0.1) is 12.7 Å². The third-order valence-electron chi connectivity index (χ3n) is 4.57. The number of hydrogen-bond acceptors (Lipinski definition) is 5. The first-order chi connectivity index (χ1) is 12.4. The molecule has 0 atom stereocenters. The number of anilines is 1. The largest absolute Gasteiger partial charge is 0.351 e. The zero-order valence-electron chi connectivity index (χ0n) is 14.2. The number of aromatic nitrogens is 4. The Morgan fingerprint density at radius 1 is 1.27 bits per heavy atom. The first-order valence-electron chi connectivity index (χ1n) is 8.09. The van der Waals surface area contributed by atoms with Crippen LogP contribution in [0.4, 0.5) is 10.2 Å². The van der Waals surface area contributed by atoms with Crippen LogP contribution in [0.3, 0.4) is 0 Å². The SMILES string of the molecule is Cc1nnc2ccc(N3CC(N(C)C(=O)c4cc(F)cc(Cl)c4)C3)nn12. The van der Waals surface area contributed by atoms with E-state index in [-0.39, 0.29) is 22.5 Å². The van der Waals surface area contributed by atoms with Crippen LogP contribution in [0.5, 0.6) is 0 Å². The Morgan fingerprint density at radius 3 is 2.77 bits per heavy atom. The molecule has 0 saturated carbocycles. The lowest BCUT2D eigenvalue weighted by Gasteiger charge is -2.44. The van der Waals surface area contributed by atoms with Crippen LogP contribution in [0.2, 0.25) is 5.02 Å². The van der Waals surface area contributed by atoms with Crippen LogP contribution in [-0.2, 0) is 0 Å². The normalized spacial score (nSPS) is 14.5. The molecule has 1 saturated heterocycles. The summed E-state index contributed by atoms with van der Waals surface area (Å²) in [6, 6.07) is 7.62. The van der Waals surface area contributed by atoms with Gasteiger partial charge >= 0.3 is 0 Å². The standard InChI is InChI=1S/C17H16ClFN6O/c1-10-20-21-15-3-4-16(22-25(10)15)24-8-14(9-24)23(2)17(26)11-5-12(18)7-13(19)6-11/h3-7,14H,8-9H2,1-2H3. The second-order valence-electron chi connectivity index (χ2n) is 6.34. The molecular weight excluding hydrogens is 359 g/mol. The predicted molar refractivity (Wildman–Crippen MR) is 95.0 cm³/mol. The van der Waals surface area contributed by atoms with Crippen LogP contribution < -0.4 is 4.90 Å².